The average molecular weight is 323 g/mol. The predicted molar refractivity (Wildman–Crippen MR) is 92.1 cm³/mol. The lowest BCUT2D eigenvalue weighted by atomic mass is 9.65. The Morgan fingerprint density at radius 1 is 1.05 bits per heavy atom. The van der Waals surface area contributed by atoms with Gasteiger partial charge in [-0.05, 0) is 43.1 Å². The van der Waals surface area contributed by atoms with Crippen LogP contribution in [0.5, 0.6) is 0 Å². The topological polar surface area (TPSA) is 55.1 Å². The number of nitrogens with two attached hydrogens (primary N) is 1. The van der Waals surface area contributed by atoms with E-state index in [1.165, 1.54) is 24.8 Å². The molecular weight excluding hydrogens is 296 g/mol. The number of carbonyl (C=O) groups excluding carboxylic acids is 1. The minimum Gasteiger partial charge on any atom is -0.354 e. The maximum atomic E-state index is 12.4. The molecule has 0 saturated heterocycles. The zero-order chi connectivity index (χ0) is 14.8. The van der Waals surface area contributed by atoms with Crippen molar-refractivity contribution in [3.63, 3.8) is 0 Å². The van der Waals surface area contributed by atoms with Gasteiger partial charge >= 0.3 is 0 Å². The normalized spacial score (nSPS) is 21.5. The minimum atomic E-state index is -0.600. The van der Waals surface area contributed by atoms with Crippen LogP contribution in [0.2, 0.25) is 0 Å². The molecule has 0 atom stereocenters. The van der Waals surface area contributed by atoms with E-state index in [1.807, 2.05) is 0 Å². The molecule has 4 heteroatoms. The van der Waals surface area contributed by atoms with Crippen molar-refractivity contribution in [2.45, 2.75) is 56.9 Å². The van der Waals surface area contributed by atoms with Crippen molar-refractivity contribution in [2.75, 3.05) is 6.54 Å². The summed E-state index contributed by atoms with van der Waals surface area (Å²) in [4.78, 5) is 12.4. The Hall–Kier alpha value is -1.06. The number of rotatable bonds is 5. The highest BCUT2D eigenvalue weighted by molar-refractivity contribution is 5.86. The first kappa shape index (κ1) is 17.3. The summed E-state index contributed by atoms with van der Waals surface area (Å²) >= 11 is 0. The van der Waals surface area contributed by atoms with Gasteiger partial charge in [0.1, 0.15) is 0 Å². The van der Waals surface area contributed by atoms with E-state index in [2.05, 4.69) is 35.6 Å². The van der Waals surface area contributed by atoms with E-state index in [1.54, 1.807) is 0 Å². The maximum Gasteiger partial charge on any atom is 0.240 e. The molecule has 2 saturated carbocycles. The molecule has 0 aromatic heterocycles. The average Bonchev–Trinajstić information content (AvgIpc) is 2.90. The zero-order valence-corrected chi connectivity index (χ0v) is 14.0. The van der Waals surface area contributed by atoms with Crippen molar-refractivity contribution in [2.24, 2.45) is 11.1 Å². The molecule has 0 unspecified atom stereocenters. The molecule has 1 aromatic carbocycles. The van der Waals surface area contributed by atoms with Gasteiger partial charge in [-0.3, -0.25) is 4.79 Å². The van der Waals surface area contributed by atoms with Crippen LogP contribution < -0.4 is 11.1 Å². The van der Waals surface area contributed by atoms with Crippen LogP contribution in [0.15, 0.2) is 30.3 Å². The Morgan fingerprint density at radius 2 is 1.68 bits per heavy atom. The van der Waals surface area contributed by atoms with Crippen LogP contribution in [0, 0.1) is 5.41 Å². The van der Waals surface area contributed by atoms with Crippen LogP contribution in [0.1, 0.15) is 50.5 Å². The third-order valence-corrected chi connectivity index (χ3v) is 5.41. The first-order chi connectivity index (χ1) is 10.1. The Balaban J connectivity index is 0.00000176. The third kappa shape index (κ3) is 3.64. The minimum absolute atomic E-state index is 0. The van der Waals surface area contributed by atoms with Gasteiger partial charge in [0.2, 0.25) is 5.91 Å². The molecule has 3 N–H and O–H groups in total. The molecule has 2 aliphatic carbocycles. The molecule has 1 aromatic rings. The highest BCUT2D eigenvalue weighted by Gasteiger charge is 2.41. The molecule has 3 nitrogen and oxygen atoms in total. The number of nitrogens with one attached hydrogen (secondary N) is 1. The van der Waals surface area contributed by atoms with Crippen LogP contribution in [-0.2, 0) is 11.2 Å². The molecule has 2 aliphatic rings. The highest BCUT2D eigenvalue weighted by Crippen LogP contribution is 2.43. The largest absolute Gasteiger partial charge is 0.354 e. The lowest BCUT2D eigenvalue weighted by Gasteiger charge is -2.43. The van der Waals surface area contributed by atoms with Crippen molar-refractivity contribution in [1.29, 1.82) is 0 Å². The van der Waals surface area contributed by atoms with Crippen molar-refractivity contribution >= 4 is 18.3 Å². The molecule has 0 aliphatic heterocycles. The van der Waals surface area contributed by atoms with Gasteiger partial charge in [0.15, 0.2) is 0 Å². The van der Waals surface area contributed by atoms with Crippen LogP contribution in [0.4, 0.5) is 0 Å². The summed E-state index contributed by atoms with van der Waals surface area (Å²) in [6.07, 6.45) is 8.59. The van der Waals surface area contributed by atoms with Gasteiger partial charge in [-0.15, -0.1) is 12.4 Å². The monoisotopic (exact) mass is 322 g/mol. The molecule has 1 amide bonds. The summed E-state index contributed by atoms with van der Waals surface area (Å²) in [5, 5.41) is 3.16. The number of amides is 1. The lowest BCUT2D eigenvalue weighted by molar-refractivity contribution is -0.127. The van der Waals surface area contributed by atoms with E-state index >= 15 is 0 Å². The Bertz CT molecular complexity index is 493. The summed E-state index contributed by atoms with van der Waals surface area (Å²) in [7, 11) is 0. The van der Waals surface area contributed by atoms with E-state index in [0.717, 1.165) is 38.6 Å². The summed E-state index contributed by atoms with van der Waals surface area (Å²) in [6.45, 7) is 0.777. The summed E-state index contributed by atoms with van der Waals surface area (Å²) in [5.41, 5.74) is 7.26. The smallest absolute Gasteiger partial charge is 0.240 e. The second-order valence-corrected chi connectivity index (χ2v) is 7.06. The fourth-order valence-corrected chi connectivity index (χ4v) is 3.80. The van der Waals surface area contributed by atoms with Crippen LogP contribution >= 0.6 is 12.4 Å². The third-order valence-electron chi connectivity index (χ3n) is 5.41. The standard InChI is InChI=1S/C18H26N2O.ClH/c19-18(11-4-5-12-18)16(21)20-14-17(9-6-10-17)13-15-7-2-1-3-8-15;/h1-3,7-8H,4-6,9-14,19H2,(H,20,21);1H. The van der Waals surface area contributed by atoms with Gasteiger partial charge in [-0.25, -0.2) is 0 Å². The van der Waals surface area contributed by atoms with E-state index in [4.69, 9.17) is 5.73 Å². The SMILES string of the molecule is Cl.NC1(C(=O)NCC2(Cc3ccccc3)CCC2)CCCC1. The lowest BCUT2D eigenvalue weighted by Crippen LogP contribution is -2.55. The van der Waals surface area contributed by atoms with Gasteiger partial charge in [-0.2, -0.15) is 0 Å². The molecular formula is C18H27ClN2O. The summed E-state index contributed by atoms with van der Waals surface area (Å²) in [6, 6.07) is 10.6. The quantitative estimate of drug-likeness (QED) is 0.874. The molecule has 0 heterocycles. The van der Waals surface area contributed by atoms with Crippen molar-refractivity contribution in [3.05, 3.63) is 35.9 Å². The maximum absolute atomic E-state index is 12.4. The van der Waals surface area contributed by atoms with E-state index < -0.39 is 5.54 Å². The molecule has 122 valence electrons. The predicted octanol–water partition coefficient (Wildman–Crippen LogP) is 3.21. The van der Waals surface area contributed by atoms with Crippen LogP contribution in [0.3, 0.4) is 0 Å². The Labute approximate surface area is 139 Å². The number of hydrogen-bond donors (Lipinski definition) is 2. The van der Waals surface area contributed by atoms with Crippen LogP contribution in [0.25, 0.3) is 0 Å². The number of hydrogen-bond acceptors (Lipinski definition) is 2. The molecule has 0 spiro atoms. The van der Waals surface area contributed by atoms with Crippen molar-refractivity contribution < 1.29 is 4.79 Å². The number of benzene rings is 1. The molecule has 0 radical (unpaired) electrons. The highest BCUT2D eigenvalue weighted by atomic mass is 35.5. The summed E-state index contributed by atoms with van der Waals surface area (Å²) < 4.78 is 0. The van der Waals surface area contributed by atoms with Crippen molar-refractivity contribution in [1.82, 2.24) is 5.32 Å². The first-order valence-corrected chi connectivity index (χ1v) is 8.23. The Morgan fingerprint density at radius 3 is 2.23 bits per heavy atom. The molecule has 0 bridgehead atoms. The Kier molecular flexibility index (Phi) is 5.51. The van der Waals surface area contributed by atoms with Crippen molar-refractivity contribution in [3.8, 4) is 0 Å². The second-order valence-electron chi connectivity index (χ2n) is 7.06. The van der Waals surface area contributed by atoms with Gasteiger partial charge in [-0.1, -0.05) is 49.6 Å². The molecule has 2 fully saturated rings. The molecule has 3 rings (SSSR count). The van der Waals surface area contributed by atoms with Gasteiger partial charge in [0, 0.05) is 6.54 Å². The number of carbonyl (C=O) groups is 1. The second kappa shape index (κ2) is 7.01. The van der Waals surface area contributed by atoms with Gasteiger partial charge in [0.05, 0.1) is 5.54 Å². The summed E-state index contributed by atoms with van der Waals surface area (Å²) in [5.74, 6) is 0.0688. The fourth-order valence-electron chi connectivity index (χ4n) is 3.80. The zero-order valence-electron chi connectivity index (χ0n) is 13.1. The molecule has 22 heavy (non-hydrogen) atoms. The first-order valence-electron chi connectivity index (χ1n) is 8.23. The number of halogens is 1. The van der Waals surface area contributed by atoms with E-state index in [0.29, 0.717) is 0 Å². The van der Waals surface area contributed by atoms with Gasteiger partial charge in [0.25, 0.3) is 0 Å². The fraction of sp³-hybridized carbons (Fsp3) is 0.611. The van der Waals surface area contributed by atoms with Gasteiger partial charge < -0.3 is 11.1 Å². The van der Waals surface area contributed by atoms with E-state index in [9.17, 15) is 4.79 Å². The van der Waals surface area contributed by atoms with E-state index in [-0.39, 0.29) is 23.7 Å². The van der Waals surface area contributed by atoms with Crippen LogP contribution in [-0.4, -0.2) is 18.0 Å².